The lowest BCUT2D eigenvalue weighted by atomic mass is 9.90. The summed E-state index contributed by atoms with van der Waals surface area (Å²) in [6.07, 6.45) is 0.0699. The van der Waals surface area contributed by atoms with E-state index in [1.165, 1.54) is 18.2 Å². The molecule has 5 atom stereocenters. The van der Waals surface area contributed by atoms with E-state index >= 15 is 0 Å². The predicted octanol–water partition coefficient (Wildman–Crippen LogP) is 5.37. The Morgan fingerprint density at radius 2 is 1.60 bits per heavy atom. The molecule has 2 heterocycles. The van der Waals surface area contributed by atoms with Crippen LogP contribution in [0.3, 0.4) is 0 Å². The lowest BCUT2D eigenvalue weighted by Crippen LogP contribution is -2.46. The van der Waals surface area contributed by atoms with Crippen molar-refractivity contribution in [1.29, 1.82) is 0 Å². The molecule has 0 bridgehead atoms. The van der Waals surface area contributed by atoms with Crippen LogP contribution in [-0.2, 0) is 16.1 Å². The number of likely N-dealkylation sites (tertiary alicyclic amines) is 1. The van der Waals surface area contributed by atoms with Crippen LogP contribution in [0.1, 0.15) is 59.2 Å². The van der Waals surface area contributed by atoms with Gasteiger partial charge in [-0.05, 0) is 42.6 Å². The van der Waals surface area contributed by atoms with Crippen LogP contribution in [0, 0.1) is 35.0 Å². The van der Waals surface area contributed by atoms with Crippen molar-refractivity contribution < 1.29 is 46.4 Å². The molecule has 12 heteroatoms. The highest BCUT2D eigenvalue weighted by molar-refractivity contribution is 6.04. The average molecular weight is 607 g/mol. The van der Waals surface area contributed by atoms with Crippen molar-refractivity contribution in [3.63, 3.8) is 0 Å². The number of ether oxygens (including phenoxy) is 2. The molecule has 7 nitrogen and oxygen atoms in total. The third kappa shape index (κ3) is 6.29. The van der Waals surface area contributed by atoms with Gasteiger partial charge in [-0.3, -0.25) is 9.69 Å². The minimum atomic E-state index is -2.36. The summed E-state index contributed by atoms with van der Waals surface area (Å²) in [6.45, 7) is 3.23. The highest BCUT2D eigenvalue weighted by Crippen LogP contribution is 2.42. The monoisotopic (exact) mass is 606 g/mol. The van der Waals surface area contributed by atoms with Gasteiger partial charge >= 0.3 is 0 Å². The molecule has 0 radical (unpaired) electrons. The summed E-state index contributed by atoms with van der Waals surface area (Å²) in [5.74, 6) is -12.9. The average Bonchev–Trinajstić information content (AvgIpc) is 3.47. The lowest BCUT2D eigenvalue weighted by Gasteiger charge is -2.43. The number of nitrogens with zero attached hydrogens (tertiary/aromatic N) is 1. The smallest absolute Gasteiger partial charge is 0.261 e. The first-order valence-electron chi connectivity index (χ1n) is 13.9. The summed E-state index contributed by atoms with van der Waals surface area (Å²) in [5, 5.41) is 21.5. The maximum atomic E-state index is 14.2. The summed E-state index contributed by atoms with van der Waals surface area (Å²) in [5.41, 5.74) is 0.425. The van der Waals surface area contributed by atoms with Crippen molar-refractivity contribution in [2.24, 2.45) is 5.92 Å². The zero-order valence-electron chi connectivity index (χ0n) is 23.2. The fourth-order valence-electron chi connectivity index (χ4n) is 5.66. The number of aliphatic hydroxyl groups is 2. The van der Waals surface area contributed by atoms with Gasteiger partial charge < -0.3 is 25.0 Å². The van der Waals surface area contributed by atoms with E-state index in [9.17, 15) is 37.0 Å². The van der Waals surface area contributed by atoms with Crippen LogP contribution >= 0.6 is 0 Å². The molecule has 0 saturated carbocycles. The van der Waals surface area contributed by atoms with Crippen LogP contribution in [0.25, 0.3) is 0 Å². The summed E-state index contributed by atoms with van der Waals surface area (Å²) in [4.78, 5) is 14.8. The predicted molar refractivity (Wildman–Crippen MR) is 145 cm³/mol. The van der Waals surface area contributed by atoms with Gasteiger partial charge in [-0.1, -0.05) is 43.3 Å². The summed E-state index contributed by atoms with van der Waals surface area (Å²) in [7, 11) is 0. The molecule has 43 heavy (non-hydrogen) atoms. The normalized spacial score (nSPS) is 24.3. The Kier molecular flexibility index (Phi) is 9.42. The van der Waals surface area contributed by atoms with E-state index < -0.39 is 53.0 Å². The van der Waals surface area contributed by atoms with Crippen molar-refractivity contribution in [3.8, 4) is 0 Å². The van der Waals surface area contributed by atoms with Gasteiger partial charge in [0.15, 0.2) is 29.6 Å². The van der Waals surface area contributed by atoms with Crippen LogP contribution < -0.4 is 5.32 Å². The van der Waals surface area contributed by atoms with Gasteiger partial charge in [0.05, 0.1) is 25.4 Å². The fourth-order valence-corrected chi connectivity index (χ4v) is 5.66. The Balaban J connectivity index is 1.42. The first kappa shape index (κ1) is 31.0. The van der Waals surface area contributed by atoms with Gasteiger partial charge in [-0.2, -0.15) is 0 Å². The number of benzene rings is 3. The van der Waals surface area contributed by atoms with Crippen molar-refractivity contribution in [2.45, 2.75) is 50.9 Å². The van der Waals surface area contributed by atoms with E-state index in [4.69, 9.17) is 9.47 Å². The number of amides is 1. The largest absolute Gasteiger partial charge is 0.395 e. The van der Waals surface area contributed by atoms with Gasteiger partial charge in [0, 0.05) is 29.8 Å². The Morgan fingerprint density at radius 3 is 2.26 bits per heavy atom. The molecule has 0 aliphatic carbocycles. The molecule has 3 aromatic carbocycles. The Morgan fingerprint density at radius 1 is 0.930 bits per heavy atom. The third-order valence-corrected chi connectivity index (χ3v) is 8.10. The van der Waals surface area contributed by atoms with Crippen LogP contribution in [0.15, 0.2) is 48.5 Å². The molecule has 5 rings (SSSR count). The molecule has 2 fully saturated rings. The van der Waals surface area contributed by atoms with Gasteiger partial charge in [0.1, 0.15) is 5.56 Å². The highest BCUT2D eigenvalue weighted by atomic mass is 19.2. The Labute approximate surface area is 244 Å². The molecular weight excluding hydrogens is 575 g/mol. The van der Waals surface area contributed by atoms with E-state index in [0.717, 1.165) is 30.5 Å². The van der Waals surface area contributed by atoms with E-state index in [1.807, 2.05) is 19.1 Å². The van der Waals surface area contributed by atoms with Gasteiger partial charge in [-0.15, -0.1) is 0 Å². The Bertz CT molecular complexity index is 1440. The fraction of sp³-hybridized carbons (Fsp3) is 0.387. The molecule has 0 spiro atoms. The minimum Gasteiger partial charge on any atom is -0.395 e. The molecule has 3 N–H and O–H groups in total. The molecule has 2 aliphatic heterocycles. The second-order valence-corrected chi connectivity index (χ2v) is 10.8. The first-order valence-corrected chi connectivity index (χ1v) is 13.9. The topological polar surface area (TPSA) is 91.3 Å². The Hall–Kier alpha value is -3.42. The van der Waals surface area contributed by atoms with Crippen LogP contribution in [0.5, 0.6) is 0 Å². The summed E-state index contributed by atoms with van der Waals surface area (Å²) in [6, 6.07) is 13.3. The third-order valence-electron chi connectivity index (χ3n) is 8.10. The minimum absolute atomic E-state index is 0.0116. The lowest BCUT2D eigenvalue weighted by molar-refractivity contribution is -0.276. The van der Waals surface area contributed by atoms with E-state index in [2.05, 4.69) is 10.2 Å². The molecule has 1 amide bonds. The van der Waals surface area contributed by atoms with Crippen molar-refractivity contribution >= 4 is 11.6 Å². The maximum absolute atomic E-state index is 14.2. The number of hydrogen-bond acceptors (Lipinski definition) is 6. The molecule has 0 aromatic heterocycles. The van der Waals surface area contributed by atoms with Gasteiger partial charge in [0.25, 0.3) is 5.91 Å². The number of hydrogen-bond donors (Lipinski definition) is 3. The van der Waals surface area contributed by atoms with Crippen molar-refractivity contribution in [1.82, 2.24) is 4.90 Å². The zero-order valence-corrected chi connectivity index (χ0v) is 23.2. The van der Waals surface area contributed by atoms with Crippen molar-refractivity contribution in [2.75, 3.05) is 25.0 Å². The first-order chi connectivity index (χ1) is 20.6. The molecule has 3 aromatic rings. The summed E-state index contributed by atoms with van der Waals surface area (Å²) < 4.78 is 82.1. The highest BCUT2D eigenvalue weighted by Gasteiger charge is 2.40. The van der Waals surface area contributed by atoms with E-state index in [-0.39, 0.29) is 37.0 Å². The quantitative estimate of drug-likeness (QED) is 0.181. The van der Waals surface area contributed by atoms with Crippen LogP contribution in [-0.4, -0.2) is 52.9 Å². The SMILES string of the molecule is C[C@H]1[C@@H](CN2CCC[C@H]2CO)O[C@@H](c2cccc(NC(=O)c3c(F)c(F)c(F)c(F)c3F)c2)O[C@H]1c1ccc(CO)cc1. The van der Waals surface area contributed by atoms with Gasteiger partial charge in [0.2, 0.25) is 5.82 Å². The number of aliphatic hydroxyl groups excluding tert-OH is 2. The molecule has 0 unspecified atom stereocenters. The molecular formula is C31H31F5N2O5. The van der Waals surface area contributed by atoms with Crippen LogP contribution in [0.2, 0.25) is 0 Å². The van der Waals surface area contributed by atoms with Crippen molar-refractivity contribution in [3.05, 3.63) is 99.9 Å². The number of carbonyl (C=O) groups is 1. The van der Waals surface area contributed by atoms with Crippen LogP contribution in [0.4, 0.5) is 27.6 Å². The zero-order chi connectivity index (χ0) is 30.8. The second-order valence-electron chi connectivity index (χ2n) is 10.8. The number of rotatable bonds is 8. The number of carbonyl (C=O) groups excluding carboxylic acids is 1. The standard InChI is InChI=1S/C31H31F5N2O5/c1-16-22(13-38-11-3-6-21(38)15-40)42-31(43-29(16)18-9-7-17(14-39)8-10-18)19-4-2-5-20(12-19)37-30(41)23-24(32)26(34)28(36)27(35)25(23)33/h2,4-5,7-10,12,16,21-22,29,31,39-40H,3,6,11,13-15H2,1H3,(H,37,41)/t16-,21-,22+,29+,31+/m0/s1. The number of anilines is 1. The molecule has 2 aliphatic rings. The second kappa shape index (κ2) is 13.1. The summed E-state index contributed by atoms with van der Waals surface area (Å²) >= 11 is 0. The number of nitrogens with one attached hydrogen (secondary N) is 1. The van der Waals surface area contributed by atoms with E-state index in [0.29, 0.717) is 12.1 Å². The maximum Gasteiger partial charge on any atom is 0.261 e. The molecule has 230 valence electrons. The van der Waals surface area contributed by atoms with E-state index in [1.54, 1.807) is 18.2 Å². The number of halogens is 5. The molecule has 2 saturated heterocycles. The van der Waals surface area contributed by atoms with Gasteiger partial charge in [-0.25, -0.2) is 22.0 Å².